The average molecular weight is 275 g/mol. The second-order valence-electron chi connectivity index (χ2n) is 4.35. The molecule has 1 aromatic heterocycles. The first kappa shape index (κ1) is 13.8. The Bertz CT molecular complexity index is 705. The van der Waals surface area contributed by atoms with Gasteiger partial charge in [-0.15, -0.1) is 0 Å². The summed E-state index contributed by atoms with van der Waals surface area (Å²) >= 11 is 0. The summed E-state index contributed by atoms with van der Waals surface area (Å²) in [5.41, 5.74) is 7.18. The summed E-state index contributed by atoms with van der Waals surface area (Å²) in [6.07, 6.45) is 3.13. The van der Waals surface area contributed by atoms with E-state index in [1.165, 1.54) is 6.07 Å². The molecule has 4 N–H and O–H groups in total. The predicted octanol–water partition coefficient (Wildman–Crippen LogP) is 1.67. The number of H-pyrrole nitrogens is 1. The minimum atomic E-state index is -1.15. The molecule has 0 saturated heterocycles. The third-order valence-corrected chi connectivity index (χ3v) is 3.10. The van der Waals surface area contributed by atoms with E-state index in [2.05, 4.69) is 11.6 Å². The Morgan fingerprint density at radius 2 is 2.30 bits per heavy atom. The van der Waals surface area contributed by atoms with Crippen LogP contribution in [-0.2, 0) is 11.2 Å². The lowest BCUT2D eigenvalue weighted by Gasteiger charge is -2.05. The molecule has 104 valence electrons. The number of carbonyl (C=O) groups is 1. The van der Waals surface area contributed by atoms with Crippen molar-refractivity contribution in [2.24, 2.45) is 5.73 Å². The number of nitrogens with one attached hydrogen (secondary N) is 1. The fraction of sp³-hybridized carbons (Fsp3) is 0.154. The Balaban J connectivity index is 2.64. The lowest BCUT2D eigenvalue weighted by atomic mass is 10.0. The monoisotopic (exact) mass is 275 g/mol. The Morgan fingerprint density at radius 3 is 2.85 bits per heavy atom. The van der Waals surface area contributed by atoms with E-state index in [1.54, 1.807) is 18.3 Å². The number of nitro benzene ring substituents is 1. The number of aromatic amines is 1. The van der Waals surface area contributed by atoms with E-state index in [-0.39, 0.29) is 12.1 Å². The van der Waals surface area contributed by atoms with Crippen LogP contribution in [0.15, 0.2) is 24.9 Å². The molecular weight excluding hydrogens is 262 g/mol. The van der Waals surface area contributed by atoms with E-state index in [0.717, 1.165) is 0 Å². The third kappa shape index (κ3) is 2.26. The summed E-state index contributed by atoms with van der Waals surface area (Å²) in [6, 6.07) is 1.86. The first-order valence-electron chi connectivity index (χ1n) is 5.84. The largest absolute Gasteiger partial charge is 0.480 e. The molecule has 7 heteroatoms. The van der Waals surface area contributed by atoms with Gasteiger partial charge in [0.2, 0.25) is 0 Å². The van der Waals surface area contributed by atoms with E-state index < -0.39 is 16.9 Å². The Hall–Kier alpha value is -2.67. The number of hydrogen-bond donors (Lipinski definition) is 3. The highest BCUT2D eigenvalue weighted by atomic mass is 16.6. The Morgan fingerprint density at radius 1 is 1.60 bits per heavy atom. The summed E-state index contributed by atoms with van der Waals surface area (Å²) in [4.78, 5) is 24.3. The molecule has 0 spiro atoms. The van der Waals surface area contributed by atoms with Crippen LogP contribution in [0.1, 0.15) is 11.1 Å². The van der Waals surface area contributed by atoms with Crippen LogP contribution in [0.4, 0.5) is 5.69 Å². The van der Waals surface area contributed by atoms with Gasteiger partial charge in [-0.3, -0.25) is 14.9 Å². The predicted molar refractivity (Wildman–Crippen MR) is 74.4 cm³/mol. The van der Waals surface area contributed by atoms with Gasteiger partial charge >= 0.3 is 5.97 Å². The zero-order valence-corrected chi connectivity index (χ0v) is 10.5. The van der Waals surface area contributed by atoms with Gasteiger partial charge in [0.25, 0.3) is 5.69 Å². The van der Waals surface area contributed by atoms with Crippen LogP contribution in [0, 0.1) is 10.1 Å². The van der Waals surface area contributed by atoms with Crippen LogP contribution in [0.5, 0.6) is 0 Å². The smallest absolute Gasteiger partial charge is 0.320 e. The molecule has 0 aliphatic carbocycles. The molecule has 0 bridgehead atoms. The molecule has 7 nitrogen and oxygen atoms in total. The molecule has 1 heterocycles. The van der Waals surface area contributed by atoms with Crippen molar-refractivity contribution in [2.45, 2.75) is 12.5 Å². The quantitative estimate of drug-likeness (QED) is 0.566. The summed E-state index contributed by atoms with van der Waals surface area (Å²) in [7, 11) is 0. The van der Waals surface area contributed by atoms with Crippen LogP contribution in [0.3, 0.4) is 0 Å². The molecule has 0 aliphatic rings. The molecular formula is C13H13N3O4. The molecule has 0 fully saturated rings. The van der Waals surface area contributed by atoms with Crippen molar-refractivity contribution in [3.8, 4) is 0 Å². The fourth-order valence-electron chi connectivity index (χ4n) is 2.13. The zero-order valence-electron chi connectivity index (χ0n) is 10.5. The van der Waals surface area contributed by atoms with Crippen LogP contribution in [-0.4, -0.2) is 27.0 Å². The standard InChI is InChI=1S/C13H13N3O4/c1-2-7-3-4-10(16(19)20)11-8(6-15-12(7)11)5-9(14)13(17)18/h2-4,6,9,15H,1,5,14H2,(H,17,18). The van der Waals surface area contributed by atoms with Crippen LogP contribution in [0.25, 0.3) is 17.0 Å². The molecule has 0 amide bonds. The molecule has 2 rings (SSSR count). The Labute approximate surface area is 113 Å². The number of hydrogen-bond acceptors (Lipinski definition) is 4. The highest BCUT2D eigenvalue weighted by Gasteiger charge is 2.21. The lowest BCUT2D eigenvalue weighted by molar-refractivity contribution is -0.383. The Kier molecular flexibility index (Phi) is 3.53. The number of nitro groups is 1. The van der Waals surface area contributed by atoms with Crippen LogP contribution in [0.2, 0.25) is 0 Å². The van der Waals surface area contributed by atoms with Gasteiger partial charge in [0.15, 0.2) is 0 Å². The van der Waals surface area contributed by atoms with E-state index in [1.807, 2.05) is 0 Å². The van der Waals surface area contributed by atoms with Crippen molar-refractivity contribution >= 4 is 28.6 Å². The molecule has 0 aliphatic heterocycles. The SMILES string of the molecule is C=Cc1ccc([N+](=O)[O-])c2c(CC(N)C(=O)O)c[nH]c12. The molecule has 0 saturated carbocycles. The van der Waals surface area contributed by atoms with Gasteiger partial charge in [-0.25, -0.2) is 0 Å². The second-order valence-corrected chi connectivity index (χ2v) is 4.35. The van der Waals surface area contributed by atoms with Crippen molar-refractivity contribution < 1.29 is 14.8 Å². The third-order valence-electron chi connectivity index (χ3n) is 3.10. The van der Waals surface area contributed by atoms with Gasteiger partial charge < -0.3 is 15.8 Å². The van der Waals surface area contributed by atoms with E-state index in [9.17, 15) is 14.9 Å². The highest BCUT2D eigenvalue weighted by Crippen LogP contribution is 2.32. The maximum atomic E-state index is 11.1. The average Bonchev–Trinajstić information content (AvgIpc) is 2.81. The number of aromatic nitrogens is 1. The minimum absolute atomic E-state index is 0.0107. The first-order valence-corrected chi connectivity index (χ1v) is 5.84. The van der Waals surface area contributed by atoms with Gasteiger partial charge in [-0.2, -0.15) is 0 Å². The zero-order chi connectivity index (χ0) is 14.9. The normalized spacial score (nSPS) is 12.2. The van der Waals surface area contributed by atoms with Gasteiger partial charge in [0.05, 0.1) is 15.8 Å². The number of non-ortho nitro benzene ring substituents is 1. The van der Waals surface area contributed by atoms with Gasteiger partial charge in [0, 0.05) is 18.7 Å². The lowest BCUT2D eigenvalue weighted by Crippen LogP contribution is -2.32. The molecule has 20 heavy (non-hydrogen) atoms. The molecule has 1 aromatic carbocycles. The summed E-state index contributed by atoms with van der Waals surface area (Å²) < 4.78 is 0. The molecule has 2 aromatic rings. The highest BCUT2D eigenvalue weighted by molar-refractivity contribution is 5.97. The number of aliphatic carboxylic acids is 1. The number of carboxylic acids is 1. The van der Waals surface area contributed by atoms with Gasteiger partial charge in [-0.05, 0) is 17.2 Å². The van der Waals surface area contributed by atoms with E-state index in [0.29, 0.717) is 22.0 Å². The number of fused-ring (bicyclic) bond motifs is 1. The fourth-order valence-corrected chi connectivity index (χ4v) is 2.13. The van der Waals surface area contributed by atoms with Crippen LogP contribution < -0.4 is 5.73 Å². The number of carboxylic acid groups (broad SMARTS) is 1. The van der Waals surface area contributed by atoms with E-state index >= 15 is 0 Å². The first-order chi connectivity index (χ1) is 9.45. The van der Waals surface area contributed by atoms with E-state index in [4.69, 9.17) is 10.8 Å². The maximum Gasteiger partial charge on any atom is 0.320 e. The van der Waals surface area contributed by atoms with Gasteiger partial charge in [-0.1, -0.05) is 12.7 Å². The van der Waals surface area contributed by atoms with Crippen molar-refractivity contribution in [3.63, 3.8) is 0 Å². The summed E-state index contributed by atoms with van der Waals surface area (Å²) in [6.45, 7) is 3.65. The molecule has 1 atom stereocenters. The number of nitrogens with zero attached hydrogens (tertiary/aromatic N) is 1. The number of rotatable bonds is 5. The van der Waals surface area contributed by atoms with Gasteiger partial charge in [0.1, 0.15) is 6.04 Å². The minimum Gasteiger partial charge on any atom is -0.480 e. The van der Waals surface area contributed by atoms with Crippen molar-refractivity contribution in [3.05, 3.63) is 46.1 Å². The second kappa shape index (κ2) is 5.14. The maximum absolute atomic E-state index is 11.1. The molecule has 0 radical (unpaired) electrons. The summed E-state index contributed by atoms with van der Waals surface area (Å²) in [5, 5.41) is 20.3. The summed E-state index contributed by atoms with van der Waals surface area (Å²) in [5.74, 6) is -1.15. The molecule has 1 unspecified atom stereocenters. The van der Waals surface area contributed by atoms with Crippen molar-refractivity contribution in [1.29, 1.82) is 0 Å². The number of benzene rings is 1. The van der Waals surface area contributed by atoms with Crippen LogP contribution >= 0.6 is 0 Å². The van der Waals surface area contributed by atoms with Crippen molar-refractivity contribution in [1.82, 2.24) is 4.98 Å². The van der Waals surface area contributed by atoms with Crippen molar-refractivity contribution in [2.75, 3.05) is 0 Å². The number of nitrogens with two attached hydrogens (primary N) is 1. The topological polar surface area (TPSA) is 122 Å².